The molecule has 3 aromatic carbocycles. The Morgan fingerprint density at radius 2 is 1.64 bits per heavy atom. The van der Waals surface area contributed by atoms with Crippen molar-refractivity contribution in [1.82, 2.24) is 24.5 Å². The van der Waals surface area contributed by atoms with E-state index in [1.165, 1.54) is 40.6 Å². The minimum absolute atomic E-state index is 0.0655. The van der Waals surface area contributed by atoms with Crippen LogP contribution in [0.25, 0.3) is 33.8 Å². The fourth-order valence-corrected chi connectivity index (χ4v) is 4.97. The highest BCUT2D eigenvalue weighted by Gasteiger charge is 2.32. The van der Waals surface area contributed by atoms with Crippen molar-refractivity contribution in [3.8, 4) is 39.5 Å². The lowest BCUT2D eigenvalue weighted by molar-refractivity contribution is -0.275. The predicted octanol–water partition coefficient (Wildman–Crippen LogP) is 6.47. The standard InChI is InChI=1S/C27H19F6N5O3S/c1-15-35-21(26(29)30)14-37(15)22-8-6-17(16-4-3-5-19(10-16)42(2,39)40)12-23(22)38-24(13-34-36-38)18-7-9-25(20(28)11-18)41-27(31,32)33/h3-14,26H,1-2H3. The number of ether oxygens (including phenoxy) is 1. The average Bonchev–Trinajstić information content (AvgIpc) is 3.55. The molecule has 42 heavy (non-hydrogen) atoms. The SMILES string of the molecule is Cc1nc(C(F)F)cn1-c1ccc(-c2cccc(S(C)(=O)=O)c2)cc1-n1nncc1-c1ccc(OC(F)(F)F)c(F)c1. The number of hydrogen-bond donors (Lipinski definition) is 0. The Morgan fingerprint density at radius 1 is 0.929 bits per heavy atom. The Morgan fingerprint density at radius 3 is 2.29 bits per heavy atom. The van der Waals surface area contributed by atoms with Crippen LogP contribution in [0.1, 0.15) is 17.9 Å². The van der Waals surface area contributed by atoms with Gasteiger partial charge in [-0.15, -0.1) is 18.3 Å². The zero-order chi connectivity index (χ0) is 30.4. The summed E-state index contributed by atoms with van der Waals surface area (Å²) in [5.74, 6) is -2.12. The Balaban J connectivity index is 1.70. The van der Waals surface area contributed by atoms with Gasteiger partial charge in [0.1, 0.15) is 11.5 Å². The van der Waals surface area contributed by atoms with Gasteiger partial charge in [0, 0.05) is 18.0 Å². The van der Waals surface area contributed by atoms with Gasteiger partial charge in [-0.2, -0.15) is 0 Å². The highest BCUT2D eigenvalue weighted by molar-refractivity contribution is 7.90. The Bertz CT molecular complexity index is 1900. The number of halogens is 6. The van der Waals surface area contributed by atoms with Crippen molar-refractivity contribution < 1.29 is 39.5 Å². The van der Waals surface area contributed by atoms with Crippen molar-refractivity contribution in [1.29, 1.82) is 0 Å². The van der Waals surface area contributed by atoms with Gasteiger partial charge in [-0.1, -0.05) is 23.4 Å². The molecule has 5 aromatic rings. The van der Waals surface area contributed by atoms with E-state index in [0.717, 1.165) is 24.6 Å². The average molecular weight is 608 g/mol. The van der Waals surface area contributed by atoms with Crippen molar-refractivity contribution >= 4 is 9.84 Å². The van der Waals surface area contributed by atoms with E-state index in [1.807, 2.05) is 0 Å². The lowest BCUT2D eigenvalue weighted by Crippen LogP contribution is -2.17. The first kappa shape index (κ1) is 28.9. The zero-order valence-electron chi connectivity index (χ0n) is 21.6. The fourth-order valence-electron chi connectivity index (χ4n) is 4.30. The van der Waals surface area contributed by atoms with Crippen molar-refractivity contribution in [3.05, 3.63) is 90.4 Å². The zero-order valence-corrected chi connectivity index (χ0v) is 22.5. The first-order valence-corrected chi connectivity index (χ1v) is 13.9. The van der Waals surface area contributed by atoms with Crippen LogP contribution in [-0.2, 0) is 9.84 Å². The monoisotopic (exact) mass is 607 g/mol. The summed E-state index contributed by atoms with van der Waals surface area (Å²) in [7, 11) is -3.54. The molecule has 0 atom stereocenters. The van der Waals surface area contributed by atoms with E-state index in [9.17, 15) is 34.8 Å². The summed E-state index contributed by atoms with van der Waals surface area (Å²) in [5.41, 5.74) is 1.29. The van der Waals surface area contributed by atoms with Crippen molar-refractivity contribution in [2.45, 2.75) is 24.6 Å². The topological polar surface area (TPSA) is 91.9 Å². The maximum Gasteiger partial charge on any atom is 0.573 e. The number of hydrogen-bond acceptors (Lipinski definition) is 6. The highest BCUT2D eigenvalue weighted by atomic mass is 32.2. The normalized spacial score (nSPS) is 12.2. The molecule has 0 N–H and O–H groups in total. The fraction of sp³-hybridized carbons (Fsp3) is 0.148. The molecule has 0 radical (unpaired) electrons. The Labute approximate surface area is 234 Å². The number of rotatable bonds is 7. The quantitative estimate of drug-likeness (QED) is 0.197. The second-order valence-electron chi connectivity index (χ2n) is 9.11. The van der Waals surface area contributed by atoms with Gasteiger partial charge in [-0.05, 0) is 60.5 Å². The van der Waals surface area contributed by atoms with Gasteiger partial charge >= 0.3 is 6.36 Å². The number of aryl methyl sites for hydroxylation is 1. The lowest BCUT2D eigenvalue weighted by atomic mass is 10.0. The van der Waals surface area contributed by atoms with E-state index in [-0.39, 0.29) is 27.7 Å². The molecule has 0 aliphatic heterocycles. The molecule has 2 heterocycles. The Kier molecular flexibility index (Phi) is 7.30. The van der Waals surface area contributed by atoms with Gasteiger partial charge in [-0.25, -0.2) is 31.3 Å². The molecule has 0 saturated heterocycles. The minimum Gasteiger partial charge on any atom is -0.403 e. The number of benzene rings is 3. The van der Waals surface area contributed by atoms with Crippen LogP contribution in [0.15, 0.2) is 78.0 Å². The molecule has 0 aliphatic rings. The molecule has 0 unspecified atom stereocenters. The summed E-state index contributed by atoms with van der Waals surface area (Å²) in [6.07, 6.45) is -4.51. The van der Waals surface area contributed by atoms with Crippen LogP contribution in [0.4, 0.5) is 26.3 Å². The maximum atomic E-state index is 14.6. The molecule has 8 nitrogen and oxygen atoms in total. The summed E-state index contributed by atoms with van der Waals surface area (Å²) in [6.45, 7) is 1.51. The van der Waals surface area contributed by atoms with Crippen molar-refractivity contribution in [3.63, 3.8) is 0 Å². The van der Waals surface area contributed by atoms with E-state index in [0.29, 0.717) is 16.8 Å². The molecule has 2 aromatic heterocycles. The second-order valence-corrected chi connectivity index (χ2v) is 11.1. The van der Waals surface area contributed by atoms with Gasteiger partial charge in [0.05, 0.1) is 28.2 Å². The molecule has 15 heteroatoms. The maximum absolute atomic E-state index is 14.6. The van der Waals surface area contributed by atoms with Crippen LogP contribution in [0.2, 0.25) is 0 Å². The molecule has 0 saturated carbocycles. The molecule has 0 spiro atoms. The number of imidazole rings is 1. The summed E-state index contributed by atoms with van der Waals surface area (Å²) < 4.78 is 110. The molecule has 218 valence electrons. The molecular formula is C27H19F6N5O3S. The number of alkyl halides is 5. The molecule has 0 amide bonds. The smallest absolute Gasteiger partial charge is 0.403 e. The number of nitrogens with zero attached hydrogens (tertiary/aromatic N) is 5. The van der Waals surface area contributed by atoms with E-state index < -0.39 is 39.9 Å². The summed E-state index contributed by atoms with van der Waals surface area (Å²) in [4.78, 5) is 3.97. The second kappa shape index (κ2) is 10.6. The highest BCUT2D eigenvalue weighted by Crippen LogP contribution is 2.34. The number of sulfone groups is 1. The third-order valence-electron chi connectivity index (χ3n) is 6.19. The molecule has 0 aliphatic carbocycles. The van der Waals surface area contributed by atoms with Gasteiger partial charge < -0.3 is 9.30 Å². The van der Waals surface area contributed by atoms with E-state index >= 15 is 0 Å². The third-order valence-corrected chi connectivity index (χ3v) is 7.30. The summed E-state index contributed by atoms with van der Waals surface area (Å²) in [5, 5.41) is 7.96. The molecular weight excluding hydrogens is 588 g/mol. The van der Waals surface area contributed by atoms with E-state index in [2.05, 4.69) is 20.0 Å². The third kappa shape index (κ3) is 5.86. The number of aromatic nitrogens is 5. The summed E-state index contributed by atoms with van der Waals surface area (Å²) >= 11 is 0. The molecule has 0 bridgehead atoms. The minimum atomic E-state index is -5.10. The van der Waals surface area contributed by atoms with Crippen LogP contribution in [0.3, 0.4) is 0 Å². The first-order valence-electron chi connectivity index (χ1n) is 12.0. The van der Waals surface area contributed by atoms with Gasteiger partial charge in [0.2, 0.25) is 0 Å². The van der Waals surface area contributed by atoms with E-state index in [4.69, 9.17) is 0 Å². The first-order chi connectivity index (χ1) is 19.7. The van der Waals surface area contributed by atoms with Crippen LogP contribution in [0.5, 0.6) is 5.75 Å². The van der Waals surface area contributed by atoms with Crippen molar-refractivity contribution in [2.24, 2.45) is 0 Å². The summed E-state index contributed by atoms with van der Waals surface area (Å²) in [6, 6.07) is 13.7. The van der Waals surface area contributed by atoms with Gasteiger partial charge in [0.25, 0.3) is 6.43 Å². The van der Waals surface area contributed by atoms with Gasteiger partial charge in [-0.3, -0.25) is 0 Å². The largest absolute Gasteiger partial charge is 0.573 e. The lowest BCUT2D eigenvalue weighted by Gasteiger charge is -2.16. The Hall–Kier alpha value is -4.66. The van der Waals surface area contributed by atoms with Crippen LogP contribution in [0, 0.1) is 12.7 Å². The molecule has 0 fully saturated rings. The molecule has 5 rings (SSSR count). The van der Waals surface area contributed by atoms with Crippen LogP contribution < -0.4 is 4.74 Å². The van der Waals surface area contributed by atoms with Crippen LogP contribution in [-0.4, -0.2) is 45.6 Å². The van der Waals surface area contributed by atoms with E-state index in [1.54, 1.807) is 30.3 Å². The van der Waals surface area contributed by atoms with Gasteiger partial charge in [0.15, 0.2) is 21.4 Å². The predicted molar refractivity (Wildman–Crippen MR) is 139 cm³/mol. The van der Waals surface area contributed by atoms with Crippen LogP contribution >= 0.6 is 0 Å². The van der Waals surface area contributed by atoms with Crippen molar-refractivity contribution in [2.75, 3.05) is 6.26 Å².